The number of hydrogen-bond acceptors (Lipinski definition) is 5. The molecular formula is C15H14FN3O3S. The summed E-state index contributed by atoms with van der Waals surface area (Å²) in [6.45, 7) is 0.814. The number of nitrogens with zero attached hydrogens (tertiary/aromatic N) is 2. The summed E-state index contributed by atoms with van der Waals surface area (Å²) in [6.07, 6.45) is 1.29. The Bertz CT molecular complexity index is 794. The molecule has 1 aromatic carbocycles. The number of carbonyl (C=O) groups excluding carboxylic acids is 1. The maximum Gasteiger partial charge on any atom is 0.267 e. The average Bonchev–Trinajstić information content (AvgIpc) is 3.03. The first-order chi connectivity index (χ1) is 11.2. The molecule has 0 bridgehead atoms. The zero-order chi connectivity index (χ0) is 16.2. The molecule has 120 valence electrons. The van der Waals surface area contributed by atoms with E-state index in [-0.39, 0.29) is 30.0 Å². The normalized spacial score (nSPS) is 12.7. The topological polar surface area (TPSA) is 73.2 Å². The number of para-hydroxylation sites is 1. The number of benzene rings is 1. The Labute approximate surface area is 135 Å². The molecule has 6 nitrogen and oxygen atoms in total. The summed E-state index contributed by atoms with van der Waals surface area (Å²) in [5.41, 5.74) is -0.338. The lowest BCUT2D eigenvalue weighted by Crippen LogP contribution is -2.35. The molecule has 23 heavy (non-hydrogen) atoms. The zero-order valence-corrected chi connectivity index (χ0v) is 12.9. The molecule has 0 saturated heterocycles. The third-order valence-corrected chi connectivity index (χ3v) is 4.25. The van der Waals surface area contributed by atoms with Crippen molar-refractivity contribution in [2.45, 2.75) is 11.7 Å². The molecular weight excluding hydrogens is 321 g/mol. The fourth-order valence-corrected chi connectivity index (χ4v) is 3.07. The van der Waals surface area contributed by atoms with Gasteiger partial charge in [0.2, 0.25) is 0 Å². The zero-order valence-electron chi connectivity index (χ0n) is 12.1. The largest absolute Gasteiger partial charge is 0.489 e. The number of fused-ring (bicyclic) bond motifs is 1. The third kappa shape index (κ3) is 3.37. The van der Waals surface area contributed by atoms with Gasteiger partial charge < -0.3 is 10.1 Å². The van der Waals surface area contributed by atoms with Gasteiger partial charge in [0.25, 0.3) is 11.5 Å². The van der Waals surface area contributed by atoms with E-state index in [0.29, 0.717) is 11.7 Å². The number of thioether (sulfide) groups is 1. The van der Waals surface area contributed by atoms with Crippen LogP contribution in [0.1, 0.15) is 10.4 Å². The van der Waals surface area contributed by atoms with Gasteiger partial charge in [-0.25, -0.2) is 9.37 Å². The van der Waals surface area contributed by atoms with E-state index in [1.54, 1.807) is 12.1 Å². The fourth-order valence-electron chi connectivity index (χ4n) is 2.16. The molecule has 0 unspecified atom stereocenters. The molecule has 0 saturated carbocycles. The standard InChI is InChI=1S/C15H14FN3O3S/c16-11-3-1-2-4-12(11)22-7-5-17-13(20)10-9-18-15-19(14(10)21)6-8-23-15/h1-4,9H,5-8H2,(H,17,20). The number of carbonyl (C=O) groups is 1. The van der Waals surface area contributed by atoms with Gasteiger partial charge in [-0.3, -0.25) is 14.2 Å². The predicted octanol–water partition coefficient (Wildman–Crippen LogP) is 1.30. The predicted molar refractivity (Wildman–Crippen MR) is 83.4 cm³/mol. The van der Waals surface area contributed by atoms with Gasteiger partial charge in [0.15, 0.2) is 16.7 Å². The lowest BCUT2D eigenvalue weighted by Gasteiger charge is -2.09. The van der Waals surface area contributed by atoms with Crippen LogP contribution in [0.25, 0.3) is 0 Å². The van der Waals surface area contributed by atoms with Gasteiger partial charge in [0.05, 0.1) is 6.54 Å². The van der Waals surface area contributed by atoms with Crippen LogP contribution in [0.3, 0.4) is 0 Å². The molecule has 0 radical (unpaired) electrons. The summed E-state index contributed by atoms with van der Waals surface area (Å²) in [7, 11) is 0. The van der Waals surface area contributed by atoms with E-state index in [9.17, 15) is 14.0 Å². The van der Waals surface area contributed by atoms with E-state index in [0.717, 1.165) is 5.75 Å². The molecule has 1 amide bonds. The minimum Gasteiger partial charge on any atom is -0.489 e. The van der Waals surface area contributed by atoms with Crippen LogP contribution in [0.15, 0.2) is 40.4 Å². The molecule has 0 atom stereocenters. The van der Waals surface area contributed by atoms with Crippen molar-refractivity contribution in [3.8, 4) is 5.75 Å². The highest BCUT2D eigenvalue weighted by molar-refractivity contribution is 7.99. The van der Waals surface area contributed by atoms with E-state index in [4.69, 9.17) is 4.74 Å². The summed E-state index contributed by atoms with van der Waals surface area (Å²) in [5.74, 6) is -0.0636. The second kappa shape index (κ2) is 6.82. The summed E-state index contributed by atoms with van der Waals surface area (Å²) in [6, 6.07) is 6.03. The van der Waals surface area contributed by atoms with Crippen molar-refractivity contribution in [2.75, 3.05) is 18.9 Å². The minimum atomic E-state index is -0.508. The van der Waals surface area contributed by atoms with Gasteiger partial charge in [-0.2, -0.15) is 0 Å². The molecule has 0 spiro atoms. The Morgan fingerprint density at radius 1 is 1.43 bits per heavy atom. The van der Waals surface area contributed by atoms with Crippen molar-refractivity contribution in [2.24, 2.45) is 0 Å². The maximum atomic E-state index is 13.4. The second-order valence-corrected chi connectivity index (χ2v) is 5.86. The van der Waals surface area contributed by atoms with Crippen molar-refractivity contribution in [1.82, 2.24) is 14.9 Å². The van der Waals surface area contributed by atoms with Crippen LogP contribution in [-0.4, -0.2) is 34.4 Å². The van der Waals surface area contributed by atoms with Gasteiger partial charge in [-0.05, 0) is 12.1 Å². The number of ether oxygens (including phenoxy) is 1. The maximum absolute atomic E-state index is 13.4. The van der Waals surface area contributed by atoms with Gasteiger partial charge in [0, 0.05) is 18.5 Å². The number of rotatable bonds is 5. The summed E-state index contributed by atoms with van der Waals surface area (Å²) >= 11 is 1.49. The van der Waals surface area contributed by atoms with Crippen molar-refractivity contribution in [3.63, 3.8) is 0 Å². The van der Waals surface area contributed by atoms with E-state index < -0.39 is 11.7 Å². The number of halogens is 1. The van der Waals surface area contributed by atoms with Crippen LogP contribution in [0.2, 0.25) is 0 Å². The van der Waals surface area contributed by atoms with E-state index in [2.05, 4.69) is 10.3 Å². The van der Waals surface area contributed by atoms with E-state index in [1.807, 2.05) is 0 Å². The van der Waals surface area contributed by atoms with Gasteiger partial charge in [0.1, 0.15) is 12.2 Å². The van der Waals surface area contributed by atoms with Crippen LogP contribution in [-0.2, 0) is 6.54 Å². The van der Waals surface area contributed by atoms with Crippen molar-refractivity contribution in [3.05, 3.63) is 52.2 Å². The third-order valence-electron chi connectivity index (χ3n) is 3.28. The molecule has 3 rings (SSSR count). The number of amides is 1. The molecule has 8 heteroatoms. The molecule has 1 N–H and O–H groups in total. The highest BCUT2D eigenvalue weighted by Gasteiger charge is 2.19. The van der Waals surface area contributed by atoms with E-state index >= 15 is 0 Å². The summed E-state index contributed by atoms with van der Waals surface area (Å²) < 4.78 is 20.1. The second-order valence-electron chi connectivity index (χ2n) is 4.79. The molecule has 0 aliphatic carbocycles. The van der Waals surface area contributed by atoms with Crippen LogP contribution >= 0.6 is 11.8 Å². The highest BCUT2D eigenvalue weighted by atomic mass is 32.2. The minimum absolute atomic E-state index is 0.00198. The first-order valence-corrected chi connectivity index (χ1v) is 8.03. The number of hydrogen-bond donors (Lipinski definition) is 1. The smallest absolute Gasteiger partial charge is 0.267 e. The first kappa shape index (κ1) is 15.5. The lowest BCUT2D eigenvalue weighted by molar-refractivity contribution is 0.0944. The Morgan fingerprint density at radius 3 is 3.09 bits per heavy atom. The molecule has 2 heterocycles. The molecule has 0 fully saturated rings. The Balaban J connectivity index is 1.56. The van der Waals surface area contributed by atoms with Crippen molar-refractivity contribution >= 4 is 17.7 Å². The molecule has 1 aliphatic heterocycles. The summed E-state index contributed by atoms with van der Waals surface area (Å²) in [4.78, 5) is 28.3. The highest BCUT2D eigenvalue weighted by Crippen LogP contribution is 2.20. The van der Waals surface area contributed by atoms with Gasteiger partial charge in [-0.1, -0.05) is 23.9 Å². The average molecular weight is 335 g/mol. The molecule has 1 aromatic heterocycles. The number of nitrogens with one attached hydrogen (secondary N) is 1. The SMILES string of the molecule is O=C(NCCOc1ccccc1F)c1cnc2n(c1=O)CCS2. The quantitative estimate of drug-likeness (QED) is 0.658. The van der Waals surface area contributed by atoms with Crippen molar-refractivity contribution < 1.29 is 13.9 Å². The fraction of sp³-hybridized carbons (Fsp3) is 0.267. The van der Waals surface area contributed by atoms with E-state index in [1.165, 1.54) is 34.7 Å². The van der Waals surface area contributed by atoms with Gasteiger partial charge >= 0.3 is 0 Å². The first-order valence-electron chi connectivity index (χ1n) is 7.05. The Kier molecular flexibility index (Phi) is 4.61. The van der Waals surface area contributed by atoms with Crippen LogP contribution < -0.4 is 15.6 Å². The monoisotopic (exact) mass is 335 g/mol. The summed E-state index contributed by atoms with van der Waals surface area (Å²) in [5, 5.41) is 3.21. The van der Waals surface area contributed by atoms with Crippen LogP contribution in [0.5, 0.6) is 5.75 Å². The van der Waals surface area contributed by atoms with Crippen LogP contribution in [0.4, 0.5) is 4.39 Å². The Hall–Kier alpha value is -2.35. The molecule has 2 aromatic rings. The lowest BCUT2D eigenvalue weighted by atomic mass is 10.3. The number of aromatic nitrogens is 2. The van der Waals surface area contributed by atoms with Crippen LogP contribution in [0, 0.1) is 5.82 Å². The van der Waals surface area contributed by atoms with Gasteiger partial charge in [-0.15, -0.1) is 0 Å². The Morgan fingerprint density at radius 2 is 2.26 bits per heavy atom. The molecule has 1 aliphatic rings. The van der Waals surface area contributed by atoms with Crippen molar-refractivity contribution in [1.29, 1.82) is 0 Å².